The van der Waals surface area contributed by atoms with E-state index in [9.17, 15) is 9.59 Å². The second kappa shape index (κ2) is 10.5. The van der Waals surface area contributed by atoms with Crippen molar-refractivity contribution in [3.05, 3.63) is 64.7 Å². The lowest BCUT2D eigenvalue weighted by Gasteiger charge is -2.29. The van der Waals surface area contributed by atoms with E-state index in [1.54, 1.807) is 36.1 Å². The second-order valence-electron chi connectivity index (χ2n) is 7.92. The summed E-state index contributed by atoms with van der Waals surface area (Å²) in [5.74, 6) is 0.208. The average Bonchev–Trinajstić information content (AvgIpc) is 3.25. The minimum atomic E-state index is -0.590. The Bertz CT molecular complexity index is 846. The summed E-state index contributed by atoms with van der Waals surface area (Å²) in [5, 5.41) is 3.70. The van der Waals surface area contributed by atoms with Gasteiger partial charge in [0.15, 0.2) is 6.61 Å². The fourth-order valence-electron chi connectivity index (χ4n) is 3.62. The van der Waals surface area contributed by atoms with Gasteiger partial charge in [-0.25, -0.2) is 0 Å². The van der Waals surface area contributed by atoms with Crippen molar-refractivity contribution < 1.29 is 14.3 Å². The van der Waals surface area contributed by atoms with E-state index in [0.29, 0.717) is 17.3 Å². The number of benzene rings is 2. The van der Waals surface area contributed by atoms with Gasteiger partial charge in [-0.15, -0.1) is 0 Å². The summed E-state index contributed by atoms with van der Waals surface area (Å²) in [5.41, 5.74) is 2.12. The number of amides is 2. The van der Waals surface area contributed by atoms with E-state index in [4.69, 9.17) is 16.3 Å². The highest BCUT2D eigenvalue weighted by atomic mass is 35.5. The number of aryl methyl sites for hydroxylation is 1. The van der Waals surface area contributed by atoms with Crippen LogP contribution in [-0.4, -0.2) is 35.4 Å². The molecule has 1 unspecified atom stereocenters. The zero-order valence-electron chi connectivity index (χ0n) is 17.6. The molecule has 1 aliphatic rings. The van der Waals surface area contributed by atoms with Crippen molar-refractivity contribution in [3.63, 3.8) is 0 Å². The third-order valence-corrected chi connectivity index (χ3v) is 5.77. The van der Waals surface area contributed by atoms with Gasteiger partial charge in [-0.2, -0.15) is 0 Å². The summed E-state index contributed by atoms with van der Waals surface area (Å²) < 4.78 is 5.64. The maximum Gasteiger partial charge on any atom is 0.261 e. The van der Waals surface area contributed by atoms with Gasteiger partial charge in [0.05, 0.1) is 0 Å². The normalized spacial score (nSPS) is 14.9. The molecular weight excluding hydrogens is 400 g/mol. The molecule has 1 atom stereocenters. The maximum atomic E-state index is 13.0. The number of nitrogens with zero attached hydrogens (tertiary/aromatic N) is 1. The third-order valence-electron chi connectivity index (χ3n) is 5.52. The van der Waals surface area contributed by atoms with Crippen LogP contribution < -0.4 is 10.1 Å². The van der Waals surface area contributed by atoms with Gasteiger partial charge in [0.25, 0.3) is 5.91 Å². The molecule has 0 radical (unpaired) electrons. The number of halogens is 1. The van der Waals surface area contributed by atoms with Crippen LogP contribution in [0.2, 0.25) is 5.02 Å². The van der Waals surface area contributed by atoms with Gasteiger partial charge in [0.1, 0.15) is 11.8 Å². The number of carbonyl (C=O) groups excluding carboxylic acids is 2. The highest BCUT2D eigenvalue weighted by molar-refractivity contribution is 6.30. The lowest BCUT2D eigenvalue weighted by molar-refractivity contribution is -0.142. The minimum Gasteiger partial charge on any atom is -0.484 e. The van der Waals surface area contributed by atoms with Gasteiger partial charge >= 0.3 is 0 Å². The van der Waals surface area contributed by atoms with Crippen LogP contribution >= 0.6 is 11.6 Å². The van der Waals surface area contributed by atoms with Crippen molar-refractivity contribution in [2.45, 2.75) is 58.2 Å². The van der Waals surface area contributed by atoms with Crippen LogP contribution in [0.4, 0.5) is 0 Å². The van der Waals surface area contributed by atoms with Gasteiger partial charge in [-0.05, 0) is 56.5 Å². The second-order valence-corrected chi connectivity index (χ2v) is 8.35. The quantitative estimate of drug-likeness (QED) is 0.673. The number of ether oxygens (including phenoxy) is 1. The molecule has 0 aromatic heterocycles. The number of nitrogens with one attached hydrogen (secondary N) is 1. The highest BCUT2D eigenvalue weighted by Crippen LogP contribution is 2.19. The van der Waals surface area contributed by atoms with Gasteiger partial charge in [-0.3, -0.25) is 9.59 Å². The van der Waals surface area contributed by atoms with Crippen molar-refractivity contribution in [1.29, 1.82) is 0 Å². The maximum absolute atomic E-state index is 13.0. The van der Waals surface area contributed by atoms with E-state index < -0.39 is 6.04 Å². The summed E-state index contributed by atoms with van der Waals surface area (Å²) in [4.78, 5) is 27.5. The van der Waals surface area contributed by atoms with Crippen molar-refractivity contribution in [3.8, 4) is 5.75 Å². The van der Waals surface area contributed by atoms with E-state index in [0.717, 1.165) is 36.8 Å². The van der Waals surface area contributed by atoms with Crippen molar-refractivity contribution in [2.75, 3.05) is 6.61 Å². The molecular formula is C24H29ClN2O3. The molecule has 6 heteroatoms. The molecule has 1 fully saturated rings. The minimum absolute atomic E-state index is 0.117. The van der Waals surface area contributed by atoms with Gasteiger partial charge in [0, 0.05) is 17.6 Å². The van der Waals surface area contributed by atoms with Crippen LogP contribution in [0.1, 0.15) is 43.7 Å². The predicted octanol–water partition coefficient (Wildman–Crippen LogP) is 4.50. The predicted molar refractivity (Wildman–Crippen MR) is 119 cm³/mol. The molecule has 2 aromatic rings. The fraction of sp³-hybridized carbons (Fsp3) is 0.417. The van der Waals surface area contributed by atoms with Gasteiger partial charge in [0.2, 0.25) is 5.91 Å². The van der Waals surface area contributed by atoms with E-state index in [1.807, 2.05) is 31.2 Å². The van der Waals surface area contributed by atoms with E-state index >= 15 is 0 Å². The Hall–Kier alpha value is -2.53. The molecule has 2 amide bonds. The summed E-state index contributed by atoms with van der Waals surface area (Å²) in [7, 11) is 0. The molecule has 0 heterocycles. The van der Waals surface area contributed by atoms with Crippen molar-refractivity contribution in [1.82, 2.24) is 10.2 Å². The molecule has 3 rings (SSSR count). The number of rotatable bonds is 8. The molecule has 160 valence electrons. The molecule has 5 nitrogen and oxygen atoms in total. The van der Waals surface area contributed by atoms with Crippen LogP contribution in [0.15, 0.2) is 48.5 Å². The zero-order valence-corrected chi connectivity index (χ0v) is 18.3. The molecule has 0 aliphatic heterocycles. The summed E-state index contributed by atoms with van der Waals surface area (Å²) in [6.45, 7) is 4.00. The molecule has 1 N–H and O–H groups in total. The topological polar surface area (TPSA) is 58.6 Å². The Kier molecular flexibility index (Phi) is 7.75. The lowest BCUT2D eigenvalue weighted by Crippen LogP contribution is -2.50. The SMILES string of the molecule is Cc1ccc(CN(C(=O)COc2ccc(Cl)cc2)C(C)C(=O)NC2CCCC2)cc1. The fourth-order valence-corrected chi connectivity index (χ4v) is 3.75. The van der Waals surface area contributed by atoms with Crippen LogP contribution in [0.25, 0.3) is 0 Å². The average molecular weight is 429 g/mol. The third kappa shape index (κ3) is 6.23. The molecule has 0 saturated heterocycles. The van der Waals surface area contributed by atoms with Crippen molar-refractivity contribution in [2.24, 2.45) is 0 Å². The van der Waals surface area contributed by atoms with E-state index in [2.05, 4.69) is 5.32 Å². The lowest BCUT2D eigenvalue weighted by atomic mass is 10.1. The largest absolute Gasteiger partial charge is 0.484 e. The number of carbonyl (C=O) groups is 2. The number of hydrogen-bond acceptors (Lipinski definition) is 3. The van der Waals surface area contributed by atoms with Gasteiger partial charge < -0.3 is 15.0 Å². The Balaban J connectivity index is 1.69. The van der Waals surface area contributed by atoms with Crippen LogP contribution in [0.5, 0.6) is 5.75 Å². The molecule has 1 saturated carbocycles. The number of hydrogen-bond donors (Lipinski definition) is 1. The smallest absolute Gasteiger partial charge is 0.261 e. The van der Waals surface area contributed by atoms with Crippen molar-refractivity contribution >= 4 is 23.4 Å². The van der Waals surface area contributed by atoms with Crippen LogP contribution in [-0.2, 0) is 16.1 Å². The summed E-state index contributed by atoms with van der Waals surface area (Å²) >= 11 is 5.90. The first-order chi connectivity index (χ1) is 14.4. The first kappa shape index (κ1) is 22.2. The van der Waals surface area contributed by atoms with Crippen LogP contribution in [0, 0.1) is 6.92 Å². The zero-order chi connectivity index (χ0) is 21.5. The molecule has 0 spiro atoms. The van der Waals surface area contributed by atoms with Gasteiger partial charge in [-0.1, -0.05) is 54.3 Å². The molecule has 1 aliphatic carbocycles. The first-order valence-corrected chi connectivity index (χ1v) is 10.8. The van der Waals surface area contributed by atoms with E-state index in [1.165, 1.54) is 0 Å². The Labute approximate surface area is 183 Å². The highest BCUT2D eigenvalue weighted by Gasteiger charge is 2.28. The Morgan fingerprint density at radius 3 is 2.37 bits per heavy atom. The molecule has 0 bridgehead atoms. The molecule has 2 aromatic carbocycles. The monoisotopic (exact) mass is 428 g/mol. The first-order valence-electron chi connectivity index (χ1n) is 10.5. The van der Waals surface area contributed by atoms with Crippen LogP contribution in [0.3, 0.4) is 0 Å². The summed E-state index contributed by atoms with van der Waals surface area (Å²) in [6, 6.07) is 14.5. The molecule has 30 heavy (non-hydrogen) atoms. The Morgan fingerprint density at radius 1 is 1.10 bits per heavy atom. The Morgan fingerprint density at radius 2 is 1.73 bits per heavy atom. The van der Waals surface area contributed by atoms with E-state index in [-0.39, 0.29) is 24.5 Å². The standard InChI is InChI=1S/C24H29ClN2O3/c1-17-7-9-19(10-8-17)15-27(18(2)24(29)26-21-5-3-4-6-21)23(28)16-30-22-13-11-20(25)12-14-22/h7-14,18,21H,3-6,15-16H2,1-2H3,(H,26,29). The summed E-state index contributed by atoms with van der Waals surface area (Å²) in [6.07, 6.45) is 4.29.